The predicted molar refractivity (Wildman–Crippen MR) is 523 cm³/mol. The normalized spacial score (nSPS) is 20.9. The number of amides is 16. The molecule has 8 aromatic rings. The number of rotatable bonds is 20. The highest BCUT2D eigenvalue weighted by Gasteiger charge is 2.58. The first kappa shape index (κ1) is 107. The number of piperidine rings is 3. The summed E-state index contributed by atoms with van der Waals surface area (Å²) in [5.74, 6) is -10.7. The van der Waals surface area contributed by atoms with Crippen molar-refractivity contribution in [1.82, 2.24) is 76.3 Å². The van der Waals surface area contributed by atoms with Crippen molar-refractivity contribution >= 4 is 128 Å². The average molecular weight is 1960 g/mol. The Morgan fingerprint density at radius 2 is 0.957 bits per heavy atom. The number of thiazole rings is 2. The molecule has 34 nitrogen and oxygen atoms in total. The lowest BCUT2D eigenvalue weighted by atomic mass is 9.85. The molecular weight excluding hydrogens is 1830 g/mol. The van der Waals surface area contributed by atoms with E-state index >= 15 is 4.39 Å². The second-order valence-electron chi connectivity index (χ2n) is 40.2. The zero-order valence-corrected chi connectivity index (χ0v) is 84.5. The maximum absolute atomic E-state index is 15.2. The molecule has 3 unspecified atom stereocenters. The van der Waals surface area contributed by atoms with E-state index in [9.17, 15) is 91.7 Å². The highest BCUT2D eigenvalue weighted by atomic mass is 32.1. The second-order valence-corrected chi connectivity index (χ2v) is 42.0. The van der Waals surface area contributed by atoms with E-state index in [-0.39, 0.29) is 151 Å². The molecule has 9 N–H and O–H groups in total. The molecule has 0 aliphatic carbocycles. The molecule has 37 heteroatoms. The Hall–Kier alpha value is -13.1. The maximum Gasteiger partial charge on any atom is 0.285 e. The van der Waals surface area contributed by atoms with Gasteiger partial charge in [0.2, 0.25) is 59.1 Å². The number of likely N-dealkylation sites (tertiary alicyclic amines) is 2. The Bertz CT molecular complexity index is 6120. The number of hydrogen-bond acceptors (Lipinski definition) is 24. The number of aryl methyl sites for hydroxylation is 3. The van der Waals surface area contributed by atoms with Gasteiger partial charge in [-0.2, -0.15) is 0 Å². The van der Waals surface area contributed by atoms with Gasteiger partial charge in [0.25, 0.3) is 46.8 Å². The summed E-state index contributed by atoms with van der Waals surface area (Å²) in [5.41, 5.74) is 10.8. The summed E-state index contributed by atoms with van der Waals surface area (Å²) in [7, 11) is 0. The Kier molecular flexibility index (Phi) is 33.5. The number of fused-ring (bicyclic) bond motifs is 3. The molecule has 7 aliphatic rings. The molecule has 746 valence electrons. The van der Waals surface area contributed by atoms with Crippen molar-refractivity contribution < 1.29 is 91.3 Å². The topological polar surface area (TPSA) is 471 Å². The molecule has 0 radical (unpaired) electrons. The number of alkyl halides is 1. The van der Waals surface area contributed by atoms with Gasteiger partial charge in [0.15, 0.2) is 0 Å². The SMILES string of the molecule is CC(C)c1cccc2c1C(=O)N(C1(C)CCC(=O)NC1=O)C2=O.CC(C)c1cccc2c1C(=O)N(C1(F)CCC(=O)NC1=O)C2=O.Cc1nc2cccc(C(C)C)c2c(=O)n1C1CCC(=O)NC1=O.Cc1ncsc1-c1ccc(CNC(=O)[C@@H]2C[C@@H](O)CN2C(=O)[C@@H](NC(=O)C(C)C)C(C)(C)C)cc1.Cc1ncsc1-c1ccc([C@H](C)NC(=O)[C@@H]2C[C@@H](O)CN2C(=O)[C@@H](NC(=O)C(C)C)C(C)(C)C)cc1. The molecular formula is C103H126FN15O19S2. The molecule has 0 spiro atoms. The van der Waals surface area contributed by atoms with Crippen LogP contribution in [0.5, 0.6) is 0 Å². The standard InChI is InChI=1S/C27H38N4O4S.C26H36N4O4S.C17H19N3O3.C17H18N2O4.C16H15FN2O4/c1-15(2)24(33)30-23(27(5,6)7)26(35)31-13-20(32)12-21(31)25(34)29-16(3)18-8-10-19(11-9-18)22-17(4)28-14-36-22;1-15(2)23(32)29-22(26(4,5)6)25(34)30-13-19(31)11-20(30)24(33)27-12-17-7-9-18(10-8-17)21-16(3)28-14-35-21;1-9(2)11-5-4-6-12-15(11)17(23)20(10(3)18-12)13-7-8-14(21)19-16(13)22;1-9(2)10-5-4-6-11-13(10)15(22)19(14(11)21)17(3)8-7-12(20)18-16(17)23;1-8(2)9-4-3-5-10-12(9)14(22)19(13(10)21)16(17)7-6-11(20)18-15(16)23/h8-11,14-16,20-21,23,32H,12-13H2,1-7H3,(H,29,34)(H,30,33);7-10,14-15,19-20,22,31H,11-13H2,1-6H3,(H,27,33)(H,29,32);4-6,9,13H,7-8H2,1-3H3,(H,19,21,22);4-6,9H,7-8H2,1-3H3,(H,18,20,23);3-5,8H,6-7H2,1-2H3,(H,18,20,23)/t16-,20+,21-,23+;19-,20+,22-;;;/m01.../s1. The van der Waals surface area contributed by atoms with Crippen LogP contribution in [0, 0.1) is 43.4 Å². The van der Waals surface area contributed by atoms with E-state index in [0.29, 0.717) is 51.3 Å². The average Bonchev–Trinajstić information content (AvgIpc) is 1.59. The number of nitrogens with one attached hydrogen (secondary N) is 7. The summed E-state index contributed by atoms with van der Waals surface area (Å²) in [5, 5.41) is 39.2. The third-order valence-corrected chi connectivity index (χ3v) is 27.9. The summed E-state index contributed by atoms with van der Waals surface area (Å²) in [6.07, 6.45) is -1.28. The van der Waals surface area contributed by atoms with E-state index in [1.165, 1.54) is 27.4 Å². The van der Waals surface area contributed by atoms with Crippen molar-refractivity contribution in [3.05, 3.63) is 192 Å². The van der Waals surface area contributed by atoms with Crippen LogP contribution in [0.4, 0.5) is 4.39 Å². The number of hydrogen-bond donors (Lipinski definition) is 9. The summed E-state index contributed by atoms with van der Waals surface area (Å²) in [6, 6.07) is 27.3. The summed E-state index contributed by atoms with van der Waals surface area (Å²) < 4.78 is 16.6. The maximum atomic E-state index is 15.2. The Morgan fingerprint density at radius 3 is 1.40 bits per heavy atom. The van der Waals surface area contributed by atoms with Gasteiger partial charge >= 0.3 is 0 Å². The zero-order valence-electron chi connectivity index (χ0n) is 82.9. The van der Waals surface area contributed by atoms with Crippen molar-refractivity contribution in [2.45, 2.75) is 281 Å². The summed E-state index contributed by atoms with van der Waals surface area (Å²) >= 11 is 3.18. The lowest BCUT2D eigenvalue weighted by Crippen LogP contribution is -2.62. The predicted octanol–water partition coefficient (Wildman–Crippen LogP) is 11.2. The van der Waals surface area contributed by atoms with Crippen LogP contribution >= 0.6 is 22.7 Å². The first-order valence-electron chi connectivity index (χ1n) is 47.0. The largest absolute Gasteiger partial charge is 0.391 e. The molecule has 3 aromatic heterocycles. The molecule has 140 heavy (non-hydrogen) atoms. The van der Waals surface area contributed by atoms with Crippen LogP contribution in [0.2, 0.25) is 0 Å². The van der Waals surface area contributed by atoms with E-state index < -0.39 is 118 Å². The van der Waals surface area contributed by atoms with E-state index in [2.05, 4.69) is 46.9 Å². The van der Waals surface area contributed by atoms with Gasteiger partial charge in [-0.1, -0.05) is 196 Å². The fraction of sp³-hybridized carbons (Fsp3) is 0.476. The van der Waals surface area contributed by atoms with Crippen molar-refractivity contribution in [1.29, 1.82) is 0 Å². The van der Waals surface area contributed by atoms with Gasteiger partial charge in [0.05, 0.1) is 83.6 Å². The molecule has 10 atom stereocenters. The molecule has 0 saturated carbocycles. The van der Waals surface area contributed by atoms with Crippen LogP contribution in [-0.2, 0) is 64.1 Å². The van der Waals surface area contributed by atoms with Crippen LogP contribution in [0.3, 0.4) is 0 Å². The number of carbonyl (C=O) groups excluding carboxylic acids is 16. The van der Waals surface area contributed by atoms with E-state index in [1.807, 2.05) is 193 Å². The summed E-state index contributed by atoms with van der Waals surface area (Å²) in [4.78, 5) is 232. The molecule has 0 bridgehead atoms. The number of β-amino-alcohol motifs (C(OH)–C–C–N with tert-alkyl or cyclic N) is 2. The third kappa shape index (κ3) is 23.3. The van der Waals surface area contributed by atoms with Gasteiger partial charge in [-0.05, 0) is 133 Å². The number of benzene rings is 5. The van der Waals surface area contributed by atoms with Crippen LogP contribution in [0.25, 0.3) is 31.8 Å². The first-order chi connectivity index (χ1) is 65.6. The van der Waals surface area contributed by atoms with Crippen molar-refractivity contribution in [2.24, 2.45) is 22.7 Å². The highest BCUT2D eigenvalue weighted by molar-refractivity contribution is 7.13. The lowest BCUT2D eigenvalue weighted by molar-refractivity contribution is -0.151. The van der Waals surface area contributed by atoms with E-state index in [0.717, 1.165) is 59.4 Å². The monoisotopic (exact) mass is 1960 g/mol. The van der Waals surface area contributed by atoms with Crippen LogP contribution in [0.15, 0.2) is 119 Å². The molecule has 5 aromatic carbocycles. The van der Waals surface area contributed by atoms with Gasteiger partial charge in [-0.15, -0.1) is 22.7 Å². The Labute approximate surface area is 820 Å². The van der Waals surface area contributed by atoms with E-state index in [4.69, 9.17) is 0 Å². The van der Waals surface area contributed by atoms with Gasteiger partial charge < -0.3 is 41.3 Å². The number of carbonyl (C=O) groups is 16. The molecule has 15 rings (SSSR count). The smallest absolute Gasteiger partial charge is 0.285 e. The minimum atomic E-state index is -2.84. The van der Waals surface area contributed by atoms with Crippen molar-refractivity contribution in [2.75, 3.05) is 13.1 Å². The third-order valence-electron chi connectivity index (χ3n) is 25.9. The first-order valence-corrected chi connectivity index (χ1v) is 48.8. The number of aliphatic hydroxyl groups excluding tert-OH is 2. The Morgan fingerprint density at radius 1 is 0.521 bits per heavy atom. The van der Waals surface area contributed by atoms with Crippen LogP contribution in [-0.4, -0.2) is 205 Å². The number of aliphatic hydroxyl groups is 2. The minimum Gasteiger partial charge on any atom is -0.391 e. The molecule has 5 fully saturated rings. The highest BCUT2D eigenvalue weighted by Crippen LogP contribution is 2.42. The second kappa shape index (κ2) is 43.7. The van der Waals surface area contributed by atoms with Gasteiger partial charge in [0, 0.05) is 70.0 Å². The van der Waals surface area contributed by atoms with Gasteiger partial charge in [0.1, 0.15) is 41.6 Å². The van der Waals surface area contributed by atoms with Crippen LogP contribution < -0.4 is 42.8 Å². The molecule has 10 heterocycles. The molecule has 16 amide bonds. The fourth-order valence-electron chi connectivity index (χ4n) is 17.8. The van der Waals surface area contributed by atoms with Crippen molar-refractivity contribution in [3.63, 3.8) is 0 Å². The van der Waals surface area contributed by atoms with E-state index in [1.54, 1.807) is 81.6 Å². The number of nitrogens with zero attached hydrogens (tertiary/aromatic N) is 8. The van der Waals surface area contributed by atoms with Crippen LogP contribution in [0.1, 0.15) is 292 Å². The quantitative estimate of drug-likeness (QED) is 0.0253. The molecule has 5 saturated heterocycles. The minimum absolute atomic E-state index is 0.0426. The fourth-order valence-corrected chi connectivity index (χ4v) is 19.4. The van der Waals surface area contributed by atoms with Gasteiger partial charge in [-0.3, -0.25) is 107 Å². The number of halogens is 1. The molecule has 7 aliphatic heterocycles. The van der Waals surface area contributed by atoms with Gasteiger partial charge in [-0.25, -0.2) is 24.2 Å². The number of aromatic nitrogens is 4. The van der Waals surface area contributed by atoms with Crippen molar-refractivity contribution in [3.8, 4) is 20.9 Å². The summed E-state index contributed by atoms with van der Waals surface area (Å²) in [6.45, 7) is 39.4. The zero-order chi connectivity index (χ0) is 103. The number of imide groups is 5. The lowest BCUT2D eigenvalue weighted by Gasteiger charge is -2.38. The Balaban J connectivity index is 0.000000170.